The Morgan fingerprint density at radius 3 is 2.68 bits per heavy atom. The lowest BCUT2D eigenvalue weighted by Gasteiger charge is -2.32. The van der Waals surface area contributed by atoms with Gasteiger partial charge in [-0.05, 0) is 42.5 Å². The van der Waals surface area contributed by atoms with E-state index in [0.29, 0.717) is 16.4 Å². The van der Waals surface area contributed by atoms with E-state index in [1.54, 1.807) is 18.3 Å². The molecule has 158 valence electrons. The molecule has 5 nitrogen and oxygen atoms in total. The first-order valence-corrected chi connectivity index (χ1v) is 11.7. The van der Waals surface area contributed by atoms with Crippen LogP contribution in [0, 0.1) is 0 Å². The molecule has 0 aliphatic carbocycles. The van der Waals surface area contributed by atoms with E-state index in [-0.39, 0.29) is 11.9 Å². The Balaban J connectivity index is 1.22. The fourth-order valence-electron chi connectivity index (χ4n) is 4.19. The minimum Gasteiger partial charge on any atom is -0.307 e. The molecule has 0 radical (unpaired) electrons. The molecule has 5 rings (SSSR count). The maximum absolute atomic E-state index is 12.7. The number of hydrogen-bond acceptors (Lipinski definition) is 4. The first kappa shape index (κ1) is 20.2. The number of amides is 1. The molecule has 2 aromatic heterocycles. The van der Waals surface area contributed by atoms with Gasteiger partial charge < -0.3 is 5.32 Å². The van der Waals surface area contributed by atoms with Gasteiger partial charge in [0.1, 0.15) is 5.82 Å². The summed E-state index contributed by atoms with van der Waals surface area (Å²) in [5.74, 6) is 0.502. The molecule has 1 N–H and O–H groups in total. The summed E-state index contributed by atoms with van der Waals surface area (Å²) in [6.45, 7) is 3.01. The van der Waals surface area contributed by atoms with E-state index in [4.69, 9.17) is 11.6 Å². The van der Waals surface area contributed by atoms with Gasteiger partial charge in [0.25, 0.3) is 5.91 Å². The molecule has 0 atom stereocenters. The summed E-state index contributed by atoms with van der Waals surface area (Å²) in [6.07, 6.45) is 3.74. The van der Waals surface area contributed by atoms with E-state index in [2.05, 4.69) is 45.6 Å². The van der Waals surface area contributed by atoms with E-state index in [1.165, 1.54) is 15.0 Å². The van der Waals surface area contributed by atoms with Crippen molar-refractivity contribution in [2.75, 3.05) is 18.4 Å². The number of likely N-dealkylation sites (tertiary alicyclic amines) is 1. The van der Waals surface area contributed by atoms with Crippen molar-refractivity contribution in [3.63, 3.8) is 0 Å². The van der Waals surface area contributed by atoms with Gasteiger partial charge in [-0.25, -0.2) is 4.68 Å². The Labute approximate surface area is 190 Å². The number of rotatable bonds is 5. The van der Waals surface area contributed by atoms with Crippen LogP contribution in [0.15, 0.2) is 66.9 Å². The summed E-state index contributed by atoms with van der Waals surface area (Å²) in [4.78, 5) is 16.6. The Morgan fingerprint density at radius 1 is 1.10 bits per heavy atom. The van der Waals surface area contributed by atoms with E-state index in [9.17, 15) is 4.79 Å². The maximum atomic E-state index is 12.7. The lowest BCUT2D eigenvalue weighted by atomic mass is 10.1. The zero-order chi connectivity index (χ0) is 21.2. The van der Waals surface area contributed by atoms with Crippen LogP contribution in [-0.4, -0.2) is 33.7 Å². The number of thiophene rings is 1. The molecule has 1 aliphatic heterocycles. The van der Waals surface area contributed by atoms with E-state index in [0.717, 1.165) is 32.5 Å². The molecular weight excluding hydrogens is 428 g/mol. The summed E-state index contributed by atoms with van der Waals surface area (Å²) >= 11 is 8.05. The number of carbonyl (C=O) groups is 1. The van der Waals surface area contributed by atoms with Crippen LogP contribution in [0.25, 0.3) is 10.1 Å². The van der Waals surface area contributed by atoms with Crippen molar-refractivity contribution in [3.05, 3.63) is 82.3 Å². The van der Waals surface area contributed by atoms with Crippen LogP contribution in [0.4, 0.5) is 5.82 Å². The molecule has 1 aliphatic rings. The predicted molar refractivity (Wildman–Crippen MR) is 127 cm³/mol. The fourth-order valence-corrected chi connectivity index (χ4v) is 5.52. The van der Waals surface area contributed by atoms with Gasteiger partial charge in [0.05, 0.1) is 22.8 Å². The van der Waals surface area contributed by atoms with Gasteiger partial charge in [-0.1, -0.05) is 41.9 Å². The second kappa shape index (κ2) is 8.83. The van der Waals surface area contributed by atoms with Crippen molar-refractivity contribution in [2.24, 2.45) is 0 Å². The van der Waals surface area contributed by atoms with Gasteiger partial charge in [0.2, 0.25) is 0 Å². The fraction of sp³-hybridized carbons (Fsp3) is 0.250. The van der Waals surface area contributed by atoms with Crippen LogP contribution in [0.3, 0.4) is 0 Å². The lowest BCUT2D eigenvalue weighted by molar-refractivity contribution is 0.102. The standard InChI is InChI=1S/C24H23ClN4OS/c25-21-7-3-2-6-20(21)24(30)27-23-9-12-26-29(23)18-10-13-28(14-11-18)16-19-15-17-5-1-4-8-22(17)31-19/h1-9,12,15,18H,10-11,13-14,16H2,(H,27,30). The first-order valence-electron chi connectivity index (χ1n) is 10.5. The number of nitrogens with zero attached hydrogens (tertiary/aromatic N) is 3. The van der Waals surface area contributed by atoms with E-state index >= 15 is 0 Å². The molecule has 3 heterocycles. The van der Waals surface area contributed by atoms with Gasteiger partial charge in [0, 0.05) is 35.3 Å². The molecule has 4 aromatic rings. The van der Waals surface area contributed by atoms with Crippen molar-refractivity contribution in [2.45, 2.75) is 25.4 Å². The van der Waals surface area contributed by atoms with Crippen molar-refractivity contribution >= 4 is 44.7 Å². The number of nitrogens with one attached hydrogen (secondary N) is 1. The van der Waals surface area contributed by atoms with Gasteiger partial charge in [-0.15, -0.1) is 11.3 Å². The summed E-state index contributed by atoms with van der Waals surface area (Å²) in [7, 11) is 0. The number of aromatic nitrogens is 2. The maximum Gasteiger partial charge on any atom is 0.258 e. The summed E-state index contributed by atoms with van der Waals surface area (Å²) < 4.78 is 3.30. The second-order valence-electron chi connectivity index (χ2n) is 7.85. The van der Waals surface area contributed by atoms with E-state index in [1.807, 2.05) is 34.2 Å². The Hall–Kier alpha value is -2.67. The van der Waals surface area contributed by atoms with Crippen molar-refractivity contribution in [1.29, 1.82) is 0 Å². The highest BCUT2D eigenvalue weighted by molar-refractivity contribution is 7.19. The number of anilines is 1. The van der Waals surface area contributed by atoms with Crippen molar-refractivity contribution in [1.82, 2.24) is 14.7 Å². The van der Waals surface area contributed by atoms with Gasteiger partial charge in [0.15, 0.2) is 0 Å². The zero-order valence-electron chi connectivity index (χ0n) is 17.0. The first-order chi connectivity index (χ1) is 15.2. The largest absolute Gasteiger partial charge is 0.307 e. The normalized spacial score (nSPS) is 15.4. The highest BCUT2D eigenvalue weighted by atomic mass is 35.5. The minimum atomic E-state index is -0.213. The summed E-state index contributed by atoms with van der Waals surface area (Å²) in [6, 6.07) is 20.1. The zero-order valence-corrected chi connectivity index (χ0v) is 18.6. The third-order valence-corrected chi connectivity index (χ3v) is 7.22. The Bertz CT molecular complexity index is 1180. The van der Waals surface area contributed by atoms with Gasteiger partial charge in [-0.3, -0.25) is 9.69 Å². The number of hydrogen-bond donors (Lipinski definition) is 1. The van der Waals surface area contributed by atoms with Crippen LogP contribution in [-0.2, 0) is 6.54 Å². The van der Waals surface area contributed by atoms with Crippen LogP contribution in [0.5, 0.6) is 0 Å². The third-order valence-electron chi connectivity index (χ3n) is 5.79. The lowest BCUT2D eigenvalue weighted by Crippen LogP contribution is -2.34. The minimum absolute atomic E-state index is 0.213. The number of fused-ring (bicyclic) bond motifs is 1. The average molecular weight is 451 g/mol. The smallest absolute Gasteiger partial charge is 0.258 e. The summed E-state index contributed by atoms with van der Waals surface area (Å²) in [5.41, 5.74) is 0.468. The Morgan fingerprint density at radius 2 is 1.87 bits per heavy atom. The van der Waals surface area contributed by atoms with Crippen LogP contribution < -0.4 is 5.32 Å². The Kier molecular flexibility index (Phi) is 5.76. The molecule has 1 saturated heterocycles. The monoisotopic (exact) mass is 450 g/mol. The molecule has 31 heavy (non-hydrogen) atoms. The molecule has 0 bridgehead atoms. The SMILES string of the molecule is O=C(Nc1ccnn1C1CCN(Cc2cc3ccccc3s2)CC1)c1ccccc1Cl. The van der Waals surface area contributed by atoms with Crippen LogP contribution in [0.2, 0.25) is 5.02 Å². The summed E-state index contributed by atoms with van der Waals surface area (Å²) in [5, 5.41) is 9.25. The molecule has 7 heteroatoms. The molecular formula is C24H23ClN4OS. The molecule has 0 spiro atoms. The number of benzene rings is 2. The molecule has 0 saturated carbocycles. The van der Waals surface area contributed by atoms with Gasteiger partial charge in [-0.2, -0.15) is 5.10 Å². The average Bonchev–Trinajstić information content (AvgIpc) is 3.41. The topological polar surface area (TPSA) is 50.2 Å². The highest BCUT2D eigenvalue weighted by Crippen LogP contribution is 2.30. The molecule has 1 amide bonds. The van der Waals surface area contributed by atoms with Crippen LogP contribution >= 0.6 is 22.9 Å². The number of carbonyl (C=O) groups excluding carboxylic acids is 1. The molecule has 0 unspecified atom stereocenters. The second-order valence-corrected chi connectivity index (χ2v) is 9.43. The van der Waals surface area contributed by atoms with E-state index < -0.39 is 0 Å². The number of piperidine rings is 1. The number of halogens is 1. The van der Waals surface area contributed by atoms with Crippen molar-refractivity contribution < 1.29 is 4.79 Å². The molecule has 2 aromatic carbocycles. The third kappa shape index (κ3) is 4.37. The van der Waals surface area contributed by atoms with Gasteiger partial charge >= 0.3 is 0 Å². The highest BCUT2D eigenvalue weighted by Gasteiger charge is 2.24. The quantitative estimate of drug-likeness (QED) is 0.415. The predicted octanol–water partition coefficient (Wildman–Crippen LogP) is 5.84. The van der Waals surface area contributed by atoms with Crippen molar-refractivity contribution in [3.8, 4) is 0 Å². The molecule has 1 fully saturated rings. The van der Waals surface area contributed by atoms with Crippen LogP contribution in [0.1, 0.15) is 34.1 Å².